The zero-order chi connectivity index (χ0) is 17.4. The first kappa shape index (κ1) is 16.1. The summed E-state index contributed by atoms with van der Waals surface area (Å²) in [7, 11) is 0. The van der Waals surface area contributed by atoms with Gasteiger partial charge in [-0.3, -0.25) is 0 Å². The van der Waals surface area contributed by atoms with Crippen LogP contribution >= 0.6 is 11.3 Å². The van der Waals surface area contributed by atoms with Gasteiger partial charge in [-0.15, -0.1) is 11.3 Å². The Labute approximate surface area is 149 Å². The maximum atomic E-state index is 11.8. The molecule has 0 aliphatic carbocycles. The number of nitrogen functional groups attached to an aromatic ring is 1. The number of hydrogen-bond donors (Lipinski definition) is 1. The molecule has 6 nitrogen and oxygen atoms in total. The van der Waals surface area contributed by atoms with Crippen molar-refractivity contribution in [2.24, 2.45) is 0 Å². The van der Waals surface area contributed by atoms with Crippen LogP contribution in [0.2, 0.25) is 0 Å². The van der Waals surface area contributed by atoms with Crippen LogP contribution in [0, 0.1) is 0 Å². The highest BCUT2D eigenvalue weighted by Crippen LogP contribution is 2.34. The highest BCUT2D eigenvalue weighted by Gasteiger charge is 2.21. The number of carbonyl (C=O) groups excluding carboxylic acids is 1. The van der Waals surface area contributed by atoms with Crippen LogP contribution < -0.4 is 5.73 Å². The lowest BCUT2D eigenvalue weighted by molar-refractivity contribution is 0.0532. The number of anilines is 1. The number of aromatic nitrogens is 2. The molecule has 1 saturated heterocycles. The third-order valence-corrected chi connectivity index (χ3v) is 5.42. The van der Waals surface area contributed by atoms with Gasteiger partial charge in [-0.1, -0.05) is 0 Å². The number of nitrogens with two attached hydrogens (primary N) is 1. The van der Waals surface area contributed by atoms with Gasteiger partial charge in [0.2, 0.25) is 0 Å². The van der Waals surface area contributed by atoms with Gasteiger partial charge < -0.3 is 19.8 Å². The van der Waals surface area contributed by atoms with Crippen LogP contribution in [-0.2, 0) is 9.47 Å². The summed E-state index contributed by atoms with van der Waals surface area (Å²) in [5, 5.41) is 1.78. The van der Waals surface area contributed by atoms with Gasteiger partial charge in [0.25, 0.3) is 0 Å². The predicted octanol–water partition coefficient (Wildman–Crippen LogP) is 3.49. The van der Waals surface area contributed by atoms with E-state index in [4.69, 9.17) is 15.2 Å². The highest BCUT2D eigenvalue weighted by molar-refractivity contribution is 7.16. The van der Waals surface area contributed by atoms with E-state index in [9.17, 15) is 4.79 Å². The van der Waals surface area contributed by atoms with Crippen LogP contribution in [0.1, 0.15) is 29.1 Å². The van der Waals surface area contributed by atoms with Crippen molar-refractivity contribution in [3.63, 3.8) is 0 Å². The van der Waals surface area contributed by atoms with Gasteiger partial charge in [-0.2, -0.15) is 0 Å². The molecule has 3 heterocycles. The smallest absolute Gasteiger partial charge is 0.349 e. The fraction of sp³-hybridized carbons (Fsp3) is 0.333. The summed E-state index contributed by atoms with van der Waals surface area (Å²) in [6, 6.07) is 6.44. The van der Waals surface area contributed by atoms with Crippen LogP contribution in [0.15, 0.2) is 30.6 Å². The molecule has 0 spiro atoms. The first-order valence-corrected chi connectivity index (χ1v) is 9.10. The molecule has 0 radical (unpaired) electrons. The molecule has 0 bridgehead atoms. The number of benzene rings is 1. The van der Waals surface area contributed by atoms with Crippen molar-refractivity contribution in [3.05, 3.63) is 35.5 Å². The molecule has 130 valence electrons. The van der Waals surface area contributed by atoms with Crippen molar-refractivity contribution in [1.29, 1.82) is 0 Å². The second kappa shape index (κ2) is 6.50. The Morgan fingerprint density at radius 1 is 1.52 bits per heavy atom. The molecule has 0 saturated carbocycles. The van der Waals surface area contributed by atoms with Gasteiger partial charge in [-0.05, 0) is 31.5 Å². The van der Waals surface area contributed by atoms with E-state index in [1.54, 1.807) is 13.1 Å². The Balaban J connectivity index is 1.70. The third-order valence-electron chi connectivity index (χ3n) is 4.39. The summed E-state index contributed by atoms with van der Waals surface area (Å²) in [6.07, 6.45) is 4.55. The number of fused-ring (bicyclic) bond motifs is 1. The summed E-state index contributed by atoms with van der Waals surface area (Å²) in [5.41, 5.74) is 9.01. The second-order valence-electron chi connectivity index (χ2n) is 5.99. The standard InChI is InChI=1S/C18H19N3O3S/c1-2-24-18(22)16-8-20-17(25-16)11-3-4-15-13(7-11)14(19)9-21(15)12-5-6-23-10-12/h3-4,7-9,12H,2,5-6,10,19H2,1H3. The van der Waals surface area contributed by atoms with Crippen LogP contribution in [0.4, 0.5) is 5.69 Å². The molecule has 1 unspecified atom stereocenters. The van der Waals surface area contributed by atoms with E-state index in [2.05, 4.69) is 15.6 Å². The summed E-state index contributed by atoms with van der Waals surface area (Å²) in [5.74, 6) is -0.334. The quantitative estimate of drug-likeness (QED) is 0.723. The number of ether oxygens (including phenoxy) is 2. The SMILES string of the molecule is CCOC(=O)c1cnc(-c2ccc3c(c2)c(N)cn3C2CCOC2)s1. The third kappa shape index (κ3) is 2.89. The van der Waals surface area contributed by atoms with Crippen LogP contribution in [0.3, 0.4) is 0 Å². The fourth-order valence-corrected chi connectivity index (χ4v) is 3.97. The number of esters is 1. The zero-order valence-corrected chi connectivity index (χ0v) is 14.7. The Kier molecular flexibility index (Phi) is 4.19. The summed E-state index contributed by atoms with van der Waals surface area (Å²) >= 11 is 1.33. The topological polar surface area (TPSA) is 79.4 Å². The number of carbonyl (C=O) groups is 1. The molecule has 1 atom stereocenters. The first-order chi connectivity index (χ1) is 12.2. The summed E-state index contributed by atoms with van der Waals surface area (Å²) in [4.78, 5) is 16.7. The lowest BCUT2D eigenvalue weighted by Gasteiger charge is -2.11. The molecule has 1 aliphatic heterocycles. The van der Waals surface area contributed by atoms with Crippen molar-refractivity contribution in [2.75, 3.05) is 25.6 Å². The molecule has 25 heavy (non-hydrogen) atoms. The average Bonchev–Trinajstić information content (AvgIpc) is 3.35. The molecule has 0 amide bonds. The maximum absolute atomic E-state index is 11.8. The molecular weight excluding hydrogens is 338 g/mol. The highest BCUT2D eigenvalue weighted by atomic mass is 32.1. The monoisotopic (exact) mass is 357 g/mol. The number of rotatable bonds is 4. The molecule has 1 aromatic carbocycles. The minimum Gasteiger partial charge on any atom is -0.462 e. The van der Waals surface area contributed by atoms with E-state index < -0.39 is 0 Å². The Morgan fingerprint density at radius 3 is 3.16 bits per heavy atom. The van der Waals surface area contributed by atoms with Gasteiger partial charge in [0.05, 0.1) is 36.7 Å². The van der Waals surface area contributed by atoms with E-state index in [0.29, 0.717) is 17.5 Å². The Bertz CT molecular complexity index is 925. The van der Waals surface area contributed by atoms with Gasteiger partial charge >= 0.3 is 5.97 Å². The number of thiazole rings is 1. The van der Waals surface area contributed by atoms with Crippen molar-refractivity contribution in [3.8, 4) is 10.6 Å². The maximum Gasteiger partial charge on any atom is 0.349 e. The number of nitrogens with zero attached hydrogens (tertiary/aromatic N) is 2. The fourth-order valence-electron chi connectivity index (χ4n) is 3.16. The molecule has 4 rings (SSSR count). The van der Waals surface area contributed by atoms with Crippen molar-refractivity contribution < 1.29 is 14.3 Å². The molecular formula is C18H19N3O3S. The predicted molar refractivity (Wildman–Crippen MR) is 97.9 cm³/mol. The van der Waals surface area contributed by atoms with Crippen LogP contribution in [0.25, 0.3) is 21.5 Å². The van der Waals surface area contributed by atoms with Gasteiger partial charge in [-0.25, -0.2) is 9.78 Å². The van der Waals surface area contributed by atoms with E-state index in [0.717, 1.165) is 46.8 Å². The second-order valence-corrected chi connectivity index (χ2v) is 7.02. The first-order valence-electron chi connectivity index (χ1n) is 8.28. The van der Waals surface area contributed by atoms with Crippen molar-refractivity contribution in [2.45, 2.75) is 19.4 Å². The van der Waals surface area contributed by atoms with Gasteiger partial charge in [0.15, 0.2) is 0 Å². The van der Waals surface area contributed by atoms with Gasteiger partial charge in [0.1, 0.15) is 9.88 Å². The largest absolute Gasteiger partial charge is 0.462 e. The molecule has 3 aromatic rings. The molecule has 1 fully saturated rings. The van der Waals surface area contributed by atoms with Gasteiger partial charge in [0, 0.05) is 23.8 Å². The minimum atomic E-state index is -0.334. The lowest BCUT2D eigenvalue weighted by Crippen LogP contribution is -2.06. The van der Waals surface area contributed by atoms with Crippen molar-refractivity contribution >= 4 is 33.9 Å². The van der Waals surface area contributed by atoms with Crippen LogP contribution in [-0.4, -0.2) is 35.3 Å². The zero-order valence-electron chi connectivity index (χ0n) is 13.9. The lowest BCUT2D eigenvalue weighted by atomic mass is 10.1. The summed E-state index contributed by atoms with van der Waals surface area (Å²) < 4.78 is 12.7. The molecule has 2 N–H and O–H groups in total. The van der Waals surface area contributed by atoms with Crippen LogP contribution in [0.5, 0.6) is 0 Å². The average molecular weight is 357 g/mol. The van der Waals surface area contributed by atoms with E-state index in [-0.39, 0.29) is 5.97 Å². The van der Waals surface area contributed by atoms with E-state index in [1.807, 2.05) is 18.3 Å². The molecule has 2 aromatic heterocycles. The Morgan fingerprint density at radius 2 is 2.40 bits per heavy atom. The minimum absolute atomic E-state index is 0.334. The van der Waals surface area contributed by atoms with E-state index in [1.165, 1.54) is 11.3 Å². The number of hydrogen-bond acceptors (Lipinski definition) is 6. The summed E-state index contributed by atoms with van der Waals surface area (Å²) in [6.45, 7) is 3.65. The van der Waals surface area contributed by atoms with Crippen molar-refractivity contribution in [1.82, 2.24) is 9.55 Å². The van der Waals surface area contributed by atoms with E-state index >= 15 is 0 Å². The normalized spacial score (nSPS) is 17.2. The molecule has 7 heteroatoms. The molecule has 1 aliphatic rings. The Hall–Kier alpha value is -2.38.